The van der Waals surface area contributed by atoms with Gasteiger partial charge in [-0.05, 0) is 42.5 Å². The van der Waals surface area contributed by atoms with Crippen molar-refractivity contribution in [1.29, 1.82) is 0 Å². The fraction of sp³-hybridized carbons (Fsp3) is 0.118. The number of methoxy groups -OCH3 is 2. The lowest BCUT2D eigenvalue weighted by Gasteiger charge is -2.13. The van der Waals surface area contributed by atoms with Crippen LogP contribution in [0.4, 0.5) is 5.69 Å². The molecule has 0 heterocycles. The van der Waals surface area contributed by atoms with E-state index in [1.165, 1.54) is 14.2 Å². The summed E-state index contributed by atoms with van der Waals surface area (Å²) in [4.78, 5) is 24.2. The van der Waals surface area contributed by atoms with E-state index in [-0.39, 0.29) is 5.11 Å². The van der Waals surface area contributed by atoms with Gasteiger partial charge in [0.15, 0.2) is 5.11 Å². The molecule has 0 aliphatic heterocycles. The zero-order chi connectivity index (χ0) is 18.4. The van der Waals surface area contributed by atoms with Crippen LogP contribution in [0.25, 0.3) is 0 Å². The quantitative estimate of drug-likeness (QED) is 0.580. The number of anilines is 1. The van der Waals surface area contributed by atoms with Gasteiger partial charge in [-0.2, -0.15) is 0 Å². The number of esters is 1. The van der Waals surface area contributed by atoms with Gasteiger partial charge in [-0.1, -0.05) is 28.1 Å². The molecular weight excluding hydrogens is 408 g/mol. The van der Waals surface area contributed by atoms with Crippen molar-refractivity contribution >= 4 is 50.8 Å². The topological polar surface area (TPSA) is 76.7 Å². The maximum absolute atomic E-state index is 12.4. The molecule has 0 unspecified atom stereocenters. The molecular formula is C17H15BrN2O4S. The Bertz CT molecular complexity index is 826. The van der Waals surface area contributed by atoms with Crippen molar-refractivity contribution in [3.63, 3.8) is 0 Å². The van der Waals surface area contributed by atoms with E-state index in [4.69, 9.17) is 21.7 Å². The highest BCUT2D eigenvalue weighted by Crippen LogP contribution is 2.23. The number of carbonyl (C=O) groups is 2. The van der Waals surface area contributed by atoms with Crippen LogP contribution in [0.1, 0.15) is 20.7 Å². The Morgan fingerprint density at radius 3 is 2.48 bits per heavy atom. The van der Waals surface area contributed by atoms with Crippen LogP contribution < -0.4 is 15.4 Å². The molecule has 2 aromatic rings. The van der Waals surface area contributed by atoms with Crippen molar-refractivity contribution in [2.24, 2.45) is 0 Å². The van der Waals surface area contributed by atoms with Crippen molar-refractivity contribution in [2.45, 2.75) is 0 Å². The molecule has 1 amide bonds. The number of benzene rings is 2. The lowest BCUT2D eigenvalue weighted by Crippen LogP contribution is -2.34. The Labute approximate surface area is 158 Å². The molecule has 0 bridgehead atoms. The predicted molar refractivity (Wildman–Crippen MR) is 102 cm³/mol. The van der Waals surface area contributed by atoms with Gasteiger partial charge in [0.05, 0.1) is 31.0 Å². The van der Waals surface area contributed by atoms with E-state index in [9.17, 15) is 9.59 Å². The molecule has 0 spiro atoms. The molecule has 0 radical (unpaired) electrons. The van der Waals surface area contributed by atoms with Gasteiger partial charge in [-0.3, -0.25) is 10.1 Å². The van der Waals surface area contributed by atoms with Gasteiger partial charge in [0.2, 0.25) is 0 Å². The second-order valence-corrected chi connectivity index (χ2v) is 6.11. The first kappa shape index (κ1) is 18.9. The molecule has 2 rings (SSSR count). The van der Waals surface area contributed by atoms with E-state index in [0.717, 1.165) is 4.47 Å². The maximum Gasteiger partial charge on any atom is 0.339 e. The molecule has 8 heteroatoms. The van der Waals surface area contributed by atoms with Crippen LogP contribution in [0, 0.1) is 0 Å². The normalized spacial score (nSPS) is 9.88. The second-order valence-electron chi connectivity index (χ2n) is 4.79. The highest BCUT2D eigenvalue weighted by molar-refractivity contribution is 9.10. The van der Waals surface area contributed by atoms with Gasteiger partial charge in [-0.15, -0.1) is 0 Å². The summed E-state index contributed by atoms with van der Waals surface area (Å²) in [7, 11) is 2.77. The largest absolute Gasteiger partial charge is 0.496 e. The molecule has 0 aromatic heterocycles. The van der Waals surface area contributed by atoms with Crippen LogP contribution in [0.5, 0.6) is 5.75 Å². The number of hydrogen-bond donors (Lipinski definition) is 2. The van der Waals surface area contributed by atoms with E-state index in [1.54, 1.807) is 42.5 Å². The average Bonchev–Trinajstić information content (AvgIpc) is 2.61. The highest BCUT2D eigenvalue weighted by Gasteiger charge is 2.16. The Hall–Kier alpha value is -2.45. The van der Waals surface area contributed by atoms with Crippen molar-refractivity contribution in [3.8, 4) is 5.75 Å². The van der Waals surface area contributed by atoms with Crippen LogP contribution in [0.15, 0.2) is 46.9 Å². The number of halogens is 1. The number of rotatable bonds is 4. The van der Waals surface area contributed by atoms with Gasteiger partial charge >= 0.3 is 5.97 Å². The number of ether oxygens (including phenoxy) is 2. The van der Waals surface area contributed by atoms with Crippen molar-refractivity contribution in [2.75, 3.05) is 19.5 Å². The minimum absolute atomic E-state index is 0.0448. The Balaban J connectivity index is 2.15. The summed E-state index contributed by atoms with van der Waals surface area (Å²) in [6, 6.07) is 11.7. The molecule has 0 fully saturated rings. The summed E-state index contributed by atoms with van der Waals surface area (Å²) in [5.41, 5.74) is 1.06. The lowest BCUT2D eigenvalue weighted by atomic mass is 10.2. The molecule has 0 saturated carbocycles. The number of carbonyl (C=O) groups excluding carboxylic acids is 2. The number of thiocarbonyl (C=S) groups is 1. The Kier molecular flexibility index (Phi) is 6.49. The number of hydrogen-bond acceptors (Lipinski definition) is 5. The van der Waals surface area contributed by atoms with E-state index in [2.05, 4.69) is 26.6 Å². The monoisotopic (exact) mass is 422 g/mol. The summed E-state index contributed by atoms with van der Waals surface area (Å²) < 4.78 is 10.6. The minimum Gasteiger partial charge on any atom is -0.496 e. The lowest BCUT2D eigenvalue weighted by molar-refractivity contribution is 0.0602. The maximum atomic E-state index is 12.4. The predicted octanol–water partition coefficient (Wildman–Crippen LogP) is 3.37. The SMILES string of the molecule is COC(=O)c1ccccc1NC(=S)NC(=O)c1cc(Br)ccc1OC. The number of para-hydroxylation sites is 1. The fourth-order valence-electron chi connectivity index (χ4n) is 2.06. The van der Waals surface area contributed by atoms with Crippen LogP contribution in [0.2, 0.25) is 0 Å². The molecule has 25 heavy (non-hydrogen) atoms. The van der Waals surface area contributed by atoms with Gasteiger partial charge in [0.1, 0.15) is 5.75 Å². The smallest absolute Gasteiger partial charge is 0.339 e. The third kappa shape index (κ3) is 4.77. The van der Waals surface area contributed by atoms with E-state index in [1.807, 2.05) is 0 Å². The summed E-state index contributed by atoms with van der Waals surface area (Å²) in [5.74, 6) is -0.532. The van der Waals surface area contributed by atoms with Crippen LogP contribution in [-0.2, 0) is 4.74 Å². The molecule has 130 valence electrons. The average molecular weight is 423 g/mol. The second kappa shape index (κ2) is 8.59. The van der Waals surface area contributed by atoms with Crippen molar-refractivity contribution < 1.29 is 19.1 Å². The first-order chi connectivity index (χ1) is 12.0. The van der Waals surface area contributed by atoms with E-state index in [0.29, 0.717) is 22.6 Å². The Morgan fingerprint density at radius 2 is 1.80 bits per heavy atom. The standard InChI is InChI=1S/C17H15BrN2O4S/c1-23-14-8-7-10(18)9-12(14)15(21)20-17(25)19-13-6-4-3-5-11(13)16(22)24-2/h3-9H,1-2H3,(H2,19,20,21,25). The summed E-state index contributed by atoms with van der Waals surface area (Å²) >= 11 is 8.47. The molecule has 0 aliphatic rings. The molecule has 0 aliphatic carbocycles. The molecule has 0 atom stereocenters. The molecule has 2 aromatic carbocycles. The summed E-state index contributed by atoms with van der Waals surface area (Å²) in [6.45, 7) is 0. The van der Waals surface area contributed by atoms with Crippen LogP contribution in [0.3, 0.4) is 0 Å². The highest BCUT2D eigenvalue weighted by atomic mass is 79.9. The summed E-state index contributed by atoms with van der Waals surface area (Å²) in [6.07, 6.45) is 0. The van der Waals surface area contributed by atoms with Crippen LogP contribution >= 0.6 is 28.1 Å². The number of amides is 1. The van der Waals surface area contributed by atoms with Crippen LogP contribution in [-0.4, -0.2) is 31.2 Å². The molecule has 2 N–H and O–H groups in total. The summed E-state index contributed by atoms with van der Waals surface area (Å²) in [5, 5.41) is 5.43. The van der Waals surface area contributed by atoms with E-state index < -0.39 is 11.9 Å². The number of nitrogens with one attached hydrogen (secondary N) is 2. The molecule has 0 saturated heterocycles. The third-order valence-corrected chi connectivity index (χ3v) is 3.91. The minimum atomic E-state index is -0.508. The van der Waals surface area contributed by atoms with E-state index >= 15 is 0 Å². The first-order valence-electron chi connectivity index (χ1n) is 7.09. The van der Waals surface area contributed by atoms with Gasteiger partial charge < -0.3 is 14.8 Å². The van der Waals surface area contributed by atoms with Gasteiger partial charge in [-0.25, -0.2) is 4.79 Å². The van der Waals surface area contributed by atoms with Crippen molar-refractivity contribution in [3.05, 3.63) is 58.1 Å². The van der Waals surface area contributed by atoms with Gasteiger partial charge in [0.25, 0.3) is 5.91 Å². The molecule has 6 nitrogen and oxygen atoms in total. The first-order valence-corrected chi connectivity index (χ1v) is 8.29. The van der Waals surface area contributed by atoms with Crippen molar-refractivity contribution in [1.82, 2.24) is 5.32 Å². The van der Waals surface area contributed by atoms with Gasteiger partial charge in [0, 0.05) is 4.47 Å². The fourth-order valence-corrected chi connectivity index (χ4v) is 2.63. The Morgan fingerprint density at radius 1 is 1.08 bits per heavy atom. The zero-order valence-corrected chi connectivity index (χ0v) is 15.9. The zero-order valence-electron chi connectivity index (χ0n) is 13.5. The third-order valence-electron chi connectivity index (χ3n) is 3.21.